The number of hydrogen-bond acceptors (Lipinski definition) is 5. The van der Waals surface area contributed by atoms with E-state index in [1.54, 1.807) is 6.20 Å². The highest BCUT2D eigenvalue weighted by Crippen LogP contribution is 2.13. The molecule has 1 aliphatic rings. The van der Waals surface area contributed by atoms with Crippen molar-refractivity contribution in [1.29, 1.82) is 0 Å². The first kappa shape index (κ1) is 17.2. The van der Waals surface area contributed by atoms with Gasteiger partial charge in [-0.1, -0.05) is 12.1 Å². The summed E-state index contributed by atoms with van der Waals surface area (Å²) in [7, 11) is 2.14. The van der Waals surface area contributed by atoms with Crippen molar-refractivity contribution in [2.24, 2.45) is 0 Å². The number of nitrogens with zero attached hydrogens (tertiary/aromatic N) is 4. The summed E-state index contributed by atoms with van der Waals surface area (Å²) in [6.45, 7) is 4.97. The van der Waals surface area contributed by atoms with Crippen LogP contribution in [0.4, 0.5) is 10.6 Å². The summed E-state index contributed by atoms with van der Waals surface area (Å²) < 4.78 is 0. The zero-order valence-corrected chi connectivity index (χ0v) is 14.5. The Morgan fingerprint density at radius 1 is 1.04 bits per heavy atom. The summed E-state index contributed by atoms with van der Waals surface area (Å²) in [4.78, 5) is 25.1. The number of anilines is 1. The number of carbonyl (C=O) groups is 1. The van der Waals surface area contributed by atoms with Gasteiger partial charge in [0.05, 0.1) is 12.2 Å². The molecule has 1 fully saturated rings. The number of urea groups is 1. The number of nitrogens with one attached hydrogen (secondary N) is 2. The van der Waals surface area contributed by atoms with E-state index in [9.17, 15) is 4.79 Å². The second-order valence-electron chi connectivity index (χ2n) is 6.17. The largest absolute Gasteiger partial charge is 0.354 e. The molecule has 0 unspecified atom stereocenters. The molecular formula is C18H24N6O. The molecule has 0 aromatic carbocycles. The Hall–Kier alpha value is -2.67. The Labute approximate surface area is 148 Å². The Kier molecular flexibility index (Phi) is 5.79. The van der Waals surface area contributed by atoms with E-state index < -0.39 is 0 Å². The third kappa shape index (κ3) is 5.15. The topological polar surface area (TPSA) is 73.4 Å². The third-order valence-electron chi connectivity index (χ3n) is 4.25. The van der Waals surface area contributed by atoms with Crippen molar-refractivity contribution < 1.29 is 4.79 Å². The Balaban J connectivity index is 1.43. The lowest BCUT2D eigenvalue weighted by Crippen LogP contribution is -2.44. The maximum atomic E-state index is 11.9. The number of rotatable bonds is 5. The van der Waals surface area contributed by atoms with Crippen LogP contribution in [0.1, 0.15) is 11.3 Å². The van der Waals surface area contributed by atoms with E-state index in [2.05, 4.69) is 37.4 Å². The van der Waals surface area contributed by atoms with E-state index in [1.807, 2.05) is 36.5 Å². The van der Waals surface area contributed by atoms with Gasteiger partial charge < -0.3 is 20.4 Å². The van der Waals surface area contributed by atoms with Crippen LogP contribution in [0, 0.1) is 0 Å². The lowest BCUT2D eigenvalue weighted by atomic mass is 10.2. The first-order valence-electron chi connectivity index (χ1n) is 8.51. The van der Waals surface area contributed by atoms with Crippen LogP contribution in [0.15, 0.2) is 42.7 Å². The molecule has 0 aliphatic carbocycles. The lowest BCUT2D eigenvalue weighted by Gasteiger charge is -2.33. The fourth-order valence-corrected chi connectivity index (χ4v) is 2.66. The van der Waals surface area contributed by atoms with Crippen molar-refractivity contribution in [3.8, 4) is 0 Å². The molecule has 25 heavy (non-hydrogen) atoms. The van der Waals surface area contributed by atoms with Gasteiger partial charge in [-0.25, -0.2) is 9.78 Å². The van der Waals surface area contributed by atoms with Gasteiger partial charge in [-0.05, 0) is 30.8 Å². The molecule has 7 nitrogen and oxygen atoms in total. The highest BCUT2D eigenvalue weighted by molar-refractivity contribution is 5.73. The molecule has 0 bridgehead atoms. The van der Waals surface area contributed by atoms with Crippen LogP contribution >= 0.6 is 0 Å². The fraction of sp³-hybridized carbons (Fsp3) is 0.389. The van der Waals surface area contributed by atoms with E-state index in [0.717, 1.165) is 43.3 Å². The summed E-state index contributed by atoms with van der Waals surface area (Å²) in [5.74, 6) is 0.997. The molecule has 2 aromatic rings. The first-order chi connectivity index (χ1) is 12.2. The van der Waals surface area contributed by atoms with Crippen LogP contribution in [0.3, 0.4) is 0 Å². The third-order valence-corrected chi connectivity index (χ3v) is 4.25. The summed E-state index contributed by atoms with van der Waals surface area (Å²) in [6.07, 6.45) is 3.54. The standard InChI is InChI=1S/C18H24N6O/c1-23-8-10-24(11-9-23)17-6-5-15(12-20-17)13-21-18(25)22-14-16-4-2-3-7-19-16/h2-7,12H,8-11,13-14H2,1H3,(H2,21,22,25). The quantitative estimate of drug-likeness (QED) is 0.856. The number of hydrogen-bond donors (Lipinski definition) is 2. The average Bonchev–Trinajstić information content (AvgIpc) is 2.67. The van der Waals surface area contributed by atoms with Crippen molar-refractivity contribution in [3.63, 3.8) is 0 Å². The second kappa shape index (κ2) is 8.43. The number of piperazine rings is 1. The Bertz CT molecular complexity index is 668. The van der Waals surface area contributed by atoms with Crippen molar-refractivity contribution >= 4 is 11.8 Å². The molecule has 0 saturated carbocycles. The van der Waals surface area contributed by atoms with Crippen molar-refractivity contribution in [3.05, 3.63) is 54.0 Å². The summed E-state index contributed by atoms with van der Waals surface area (Å²) in [5.41, 5.74) is 1.81. The zero-order chi connectivity index (χ0) is 17.5. The lowest BCUT2D eigenvalue weighted by molar-refractivity contribution is 0.240. The molecule has 0 spiro atoms. The van der Waals surface area contributed by atoms with Gasteiger partial charge in [-0.3, -0.25) is 4.98 Å². The summed E-state index contributed by atoms with van der Waals surface area (Å²) in [5, 5.41) is 5.63. The smallest absolute Gasteiger partial charge is 0.315 e. The Morgan fingerprint density at radius 2 is 1.84 bits per heavy atom. The van der Waals surface area contributed by atoms with Gasteiger partial charge >= 0.3 is 6.03 Å². The molecule has 2 amide bonds. The van der Waals surface area contributed by atoms with Gasteiger partial charge in [0.15, 0.2) is 0 Å². The number of amides is 2. The van der Waals surface area contributed by atoms with Crippen molar-refractivity contribution in [1.82, 2.24) is 25.5 Å². The SMILES string of the molecule is CN1CCN(c2ccc(CNC(=O)NCc3ccccn3)cn2)CC1. The molecule has 1 saturated heterocycles. The minimum absolute atomic E-state index is 0.214. The Morgan fingerprint density at radius 3 is 2.52 bits per heavy atom. The first-order valence-corrected chi connectivity index (χ1v) is 8.51. The molecule has 3 heterocycles. The second-order valence-corrected chi connectivity index (χ2v) is 6.17. The summed E-state index contributed by atoms with van der Waals surface area (Å²) >= 11 is 0. The van der Waals surface area contributed by atoms with E-state index in [1.165, 1.54) is 0 Å². The number of pyridine rings is 2. The molecule has 1 aliphatic heterocycles. The number of likely N-dealkylation sites (N-methyl/N-ethyl adjacent to an activating group) is 1. The van der Waals surface area contributed by atoms with Crippen molar-refractivity contribution in [2.45, 2.75) is 13.1 Å². The normalized spacial score (nSPS) is 15.0. The highest BCUT2D eigenvalue weighted by Gasteiger charge is 2.14. The average molecular weight is 340 g/mol. The van der Waals surface area contributed by atoms with Gasteiger partial charge in [0.1, 0.15) is 5.82 Å². The van der Waals surface area contributed by atoms with E-state index in [0.29, 0.717) is 13.1 Å². The number of aromatic nitrogens is 2. The molecule has 0 atom stereocenters. The monoisotopic (exact) mass is 340 g/mol. The summed E-state index contributed by atoms with van der Waals surface area (Å²) in [6, 6.07) is 9.45. The van der Waals surface area contributed by atoms with Crippen LogP contribution in [-0.4, -0.2) is 54.1 Å². The van der Waals surface area contributed by atoms with Crippen LogP contribution in [-0.2, 0) is 13.1 Å². The predicted octanol–water partition coefficient (Wildman–Crippen LogP) is 1.23. The van der Waals surface area contributed by atoms with Gasteiger partial charge in [0.25, 0.3) is 0 Å². The molecular weight excluding hydrogens is 316 g/mol. The molecule has 7 heteroatoms. The molecule has 2 aromatic heterocycles. The van der Waals surface area contributed by atoms with E-state index in [4.69, 9.17) is 0 Å². The van der Waals surface area contributed by atoms with Crippen LogP contribution in [0.5, 0.6) is 0 Å². The van der Waals surface area contributed by atoms with Crippen LogP contribution in [0.25, 0.3) is 0 Å². The van der Waals surface area contributed by atoms with E-state index in [-0.39, 0.29) is 6.03 Å². The predicted molar refractivity (Wildman–Crippen MR) is 97.3 cm³/mol. The zero-order valence-electron chi connectivity index (χ0n) is 14.5. The van der Waals surface area contributed by atoms with Gasteiger partial charge in [-0.15, -0.1) is 0 Å². The molecule has 2 N–H and O–H groups in total. The maximum absolute atomic E-state index is 11.9. The number of carbonyl (C=O) groups excluding carboxylic acids is 1. The van der Waals surface area contributed by atoms with Gasteiger partial charge in [0, 0.05) is 45.1 Å². The van der Waals surface area contributed by atoms with Crippen LogP contribution in [0.2, 0.25) is 0 Å². The molecule has 3 rings (SSSR count). The van der Waals surface area contributed by atoms with Crippen molar-refractivity contribution in [2.75, 3.05) is 38.1 Å². The van der Waals surface area contributed by atoms with Gasteiger partial charge in [0.2, 0.25) is 0 Å². The maximum Gasteiger partial charge on any atom is 0.315 e. The highest BCUT2D eigenvalue weighted by atomic mass is 16.2. The fourth-order valence-electron chi connectivity index (χ4n) is 2.66. The van der Waals surface area contributed by atoms with Crippen LogP contribution < -0.4 is 15.5 Å². The minimum Gasteiger partial charge on any atom is -0.354 e. The molecule has 132 valence electrons. The van der Waals surface area contributed by atoms with E-state index >= 15 is 0 Å². The molecule has 0 radical (unpaired) electrons. The minimum atomic E-state index is -0.214. The van der Waals surface area contributed by atoms with Gasteiger partial charge in [-0.2, -0.15) is 0 Å².